The van der Waals surface area contributed by atoms with Crippen LogP contribution in [0.15, 0.2) is 48.5 Å². The average molecular weight is 283 g/mol. The molecule has 0 saturated heterocycles. The molecule has 4 heteroatoms. The molecule has 1 amide bonds. The maximum Gasteiger partial charge on any atom is 0.228 e. The number of carbonyl (C=O) groups is 1. The number of anilines is 1. The summed E-state index contributed by atoms with van der Waals surface area (Å²) in [7, 11) is 0. The molecule has 21 heavy (non-hydrogen) atoms. The molecule has 1 N–H and O–H groups in total. The van der Waals surface area contributed by atoms with Crippen molar-refractivity contribution >= 4 is 11.6 Å². The number of hydrogen-bond donors (Lipinski definition) is 1. The van der Waals surface area contributed by atoms with Gasteiger partial charge in [-0.1, -0.05) is 18.2 Å². The number of hydrogen-bond acceptors (Lipinski definition) is 3. The van der Waals surface area contributed by atoms with Crippen LogP contribution < -0.4 is 14.8 Å². The largest absolute Gasteiger partial charge is 0.485 e. The van der Waals surface area contributed by atoms with Crippen molar-refractivity contribution in [1.29, 1.82) is 0 Å². The monoisotopic (exact) mass is 283 g/mol. The van der Waals surface area contributed by atoms with E-state index in [-0.39, 0.29) is 5.91 Å². The Hall–Kier alpha value is -2.49. The molecule has 3 rings (SSSR count). The zero-order valence-electron chi connectivity index (χ0n) is 12.1. The van der Waals surface area contributed by atoms with Gasteiger partial charge in [0.15, 0.2) is 0 Å². The number of amides is 1. The summed E-state index contributed by atoms with van der Waals surface area (Å²) in [6.45, 7) is 3.80. The van der Waals surface area contributed by atoms with Gasteiger partial charge in [-0.2, -0.15) is 0 Å². The molecule has 0 aliphatic carbocycles. The highest BCUT2D eigenvalue weighted by Crippen LogP contribution is 2.36. The first-order valence-corrected chi connectivity index (χ1v) is 6.88. The van der Waals surface area contributed by atoms with E-state index in [1.807, 2.05) is 56.3 Å². The Bertz CT molecular complexity index is 665. The van der Waals surface area contributed by atoms with Gasteiger partial charge >= 0.3 is 0 Å². The fraction of sp³-hybridized carbons (Fsp3) is 0.235. The molecule has 1 aliphatic heterocycles. The molecule has 1 aliphatic rings. The van der Waals surface area contributed by atoms with Crippen molar-refractivity contribution in [3.05, 3.63) is 48.5 Å². The first kappa shape index (κ1) is 13.5. The van der Waals surface area contributed by atoms with E-state index in [0.717, 1.165) is 5.75 Å². The fourth-order valence-electron chi connectivity index (χ4n) is 2.30. The minimum atomic E-state index is -0.517. The second-order valence-corrected chi connectivity index (χ2v) is 5.66. The van der Waals surface area contributed by atoms with Crippen LogP contribution in [0, 0.1) is 0 Å². The van der Waals surface area contributed by atoms with E-state index < -0.39 is 5.60 Å². The van der Waals surface area contributed by atoms with Gasteiger partial charge in [-0.25, -0.2) is 0 Å². The molecule has 0 radical (unpaired) electrons. The van der Waals surface area contributed by atoms with Crippen molar-refractivity contribution < 1.29 is 14.3 Å². The summed E-state index contributed by atoms with van der Waals surface area (Å²) in [5.74, 6) is 2.00. The molecule has 0 fully saturated rings. The number of para-hydroxylation sites is 1. The van der Waals surface area contributed by atoms with Crippen LogP contribution in [0.2, 0.25) is 0 Å². The summed E-state index contributed by atoms with van der Waals surface area (Å²) in [6.07, 6.45) is 0.316. The second kappa shape index (κ2) is 5.13. The van der Waals surface area contributed by atoms with Crippen molar-refractivity contribution in [2.24, 2.45) is 0 Å². The van der Waals surface area contributed by atoms with Crippen LogP contribution in [-0.2, 0) is 4.79 Å². The first-order chi connectivity index (χ1) is 10.0. The maximum atomic E-state index is 11.9. The minimum absolute atomic E-state index is 0.0596. The molecular formula is C17H17NO3. The van der Waals surface area contributed by atoms with E-state index in [9.17, 15) is 4.79 Å². The Balaban J connectivity index is 1.89. The van der Waals surface area contributed by atoms with Gasteiger partial charge in [0.25, 0.3) is 0 Å². The third-order valence-corrected chi connectivity index (χ3v) is 3.18. The van der Waals surface area contributed by atoms with E-state index >= 15 is 0 Å². The van der Waals surface area contributed by atoms with Crippen LogP contribution in [0.5, 0.6) is 17.2 Å². The lowest BCUT2D eigenvalue weighted by Gasteiger charge is -2.23. The third-order valence-electron chi connectivity index (χ3n) is 3.18. The number of rotatable bonds is 2. The highest BCUT2D eigenvalue weighted by Gasteiger charge is 2.29. The summed E-state index contributed by atoms with van der Waals surface area (Å²) < 4.78 is 11.6. The van der Waals surface area contributed by atoms with Crippen molar-refractivity contribution in [1.82, 2.24) is 0 Å². The standard InChI is InChI=1S/C17H17NO3/c1-17(2)11-16(19)18-14-10-13(8-9-15(14)21-17)20-12-6-4-3-5-7-12/h3-10H,11H2,1-2H3,(H,18,19). The second-order valence-electron chi connectivity index (χ2n) is 5.66. The first-order valence-electron chi connectivity index (χ1n) is 6.88. The molecule has 0 bridgehead atoms. The number of nitrogens with one attached hydrogen (secondary N) is 1. The molecule has 2 aromatic carbocycles. The lowest BCUT2D eigenvalue weighted by Crippen LogP contribution is -2.30. The van der Waals surface area contributed by atoms with Gasteiger partial charge in [0.2, 0.25) is 5.91 Å². The van der Waals surface area contributed by atoms with Crippen LogP contribution >= 0.6 is 0 Å². The van der Waals surface area contributed by atoms with Gasteiger partial charge in [-0.05, 0) is 38.1 Å². The molecule has 1 heterocycles. The Morgan fingerprint density at radius 3 is 2.62 bits per heavy atom. The number of benzene rings is 2. The Kier molecular flexibility index (Phi) is 3.29. The van der Waals surface area contributed by atoms with E-state index in [1.165, 1.54) is 0 Å². The fourth-order valence-corrected chi connectivity index (χ4v) is 2.30. The van der Waals surface area contributed by atoms with Crippen LogP contribution in [0.25, 0.3) is 0 Å². The molecule has 0 saturated carbocycles. The van der Waals surface area contributed by atoms with Crippen LogP contribution in [0.1, 0.15) is 20.3 Å². The molecule has 0 unspecified atom stereocenters. The topological polar surface area (TPSA) is 47.6 Å². The minimum Gasteiger partial charge on any atom is -0.485 e. The maximum absolute atomic E-state index is 11.9. The lowest BCUT2D eigenvalue weighted by atomic mass is 10.1. The average Bonchev–Trinajstić information content (AvgIpc) is 2.53. The number of ether oxygens (including phenoxy) is 2. The van der Waals surface area contributed by atoms with Crippen LogP contribution in [0.4, 0.5) is 5.69 Å². The van der Waals surface area contributed by atoms with E-state index in [0.29, 0.717) is 23.6 Å². The zero-order valence-corrected chi connectivity index (χ0v) is 12.1. The van der Waals surface area contributed by atoms with Crippen molar-refractivity contribution in [2.45, 2.75) is 25.9 Å². The molecule has 0 aromatic heterocycles. The van der Waals surface area contributed by atoms with E-state index in [2.05, 4.69) is 5.32 Å². The van der Waals surface area contributed by atoms with E-state index in [1.54, 1.807) is 6.07 Å². The highest BCUT2D eigenvalue weighted by molar-refractivity contribution is 5.94. The predicted octanol–water partition coefficient (Wildman–Crippen LogP) is 3.98. The Morgan fingerprint density at radius 1 is 1.10 bits per heavy atom. The Labute approximate surface area is 123 Å². The molecule has 0 atom stereocenters. The van der Waals surface area contributed by atoms with Gasteiger partial charge in [0.05, 0.1) is 12.1 Å². The molecule has 0 spiro atoms. The normalized spacial score (nSPS) is 16.2. The summed E-state index contributed by atoms with van der Waals surface area (Å²) in [5, 5.41) is 2.86. The highest BCUT2D eigenvalue weighted by atomic mass is 16.5. The van der Waals surface area contributed by atoms with Gasteiger partial charge in [0.1, 0.15) is 22.8 Å². The quantitative estimate of drug-likeness (QED) is 0.907. The number of fused-ring (bicyclic) bond motifs is 1. The Morgan fingerprint density at radius 2 is 1.86 bits per heavy atom. The summed E-state index contributed by atoms with van der Waals surface area (Å²) in [5.41, 5.74) is 0.121. The predicted molar refractivity (Wildman–Crippen MR) is 80.9 cm³/mol. The van der Waals surface area contributed by atoms with Gasteiger partial charge < -0.3 is 14.8 Å². The smallest absolute Gasteiger partial charge is 0.228 e. The SMILES string of the molecule is CC1(C)CC(=O)Nc2cc(Oc3ccccc3)ccc2O1. The zero-order chi connectivity index (χ0) is 14.9. The molecular weight excluding hydrogens is 266 g/mol. The van der Waals surface area contributed by atoms with Gasteiger partial charge in [-0.15, -0.1) is 0 Å². The molecule has 108 valence electrons. The van der Waals surface area contributed by atoms with E-state index in [4.69, 9.17) is 9.47 Å². The molecule has 4 nitrogen and oxygen atoms in total. The summed E-state index contributed by atoms with van der Waals surface area (Å²) in [6, 6.07) is 14.9. The van der Waals surface area contributed by atoms with Crippen LogP contribution in [-0.4, -0.2) is 11.5 Å². The van der Waals surface area contributed by atoms with Crippen molar-refractivity contribution in [3.63, 3.8) is 0 Å². The van der Waals surface area contributed by atoms with Crippen molar-refractivity contribution in [3.8, 4) is 17.2 Å². The summed E-state index contributed by atoms with van der Waals surface area (Å²) in [4.78, 5) is 11.9. The van der Waals surface area contributed by atoms with Gasteiger partial charge in [-0.3, -0.25) is 4.79 Å². The summed E-state index contributed by atoms with van der Waals surface area (Å²) >= 11 is 0. The lowest BCUT2D eigenvalue weighted by molar-refractivity contribution is -0.118. The van der Waals surface area contributed by atoms with Gasteiger partial charge in [0, 0.05) is 6.07 Å². The molecule has 2 aromatic rings. The van der Waals surface area contributed by atoms with Crippen molar-refractivity contribution in [2.75, 3.05) is 5.32 Å². The van der Waals surface area contributed by atoms with Crippen LogP contribution in [0.3, 0.4) is 0 Å². The number of carbonyl (C=O) groups excluding carboxylic acids is 1. The third kappa shape index (κ3) is 3.16.